The molecule has 0 aliphatic rings. The van der Waals surface area contributed by atoms with Gasteiger partial charge in [0.25, 0.3) is 0 Å². The molecule has 0 saturated heterocycles. The van der Waals surface area contributed by atoms with Crippen LogP contribution < -0.4 is 11.3 Å². The van der Waals surface area contributed by atoms with Gasteiger partial charge in [0.2, 0.25) is 0 Å². The molecule has 20 heavy (non-hydrogen) atoms. The number of halogens is 1. The second-order valence-electron chi connectivity index (χ2n) is 4.30. The van der Waals surface area contributed by atoms with Gasteiger partial charge in [-0.25, -0.2) is 15.8 Å². The number of nitrogen functional groups attached to an aromatic ring is 1. The quantitative estimate of drug-likeness (QED) is 0.470. The van der Waals surface area contributed by atoms with E-state index < -0.39 is 0 Å². The molecule has 0 aliphatic carbocycles. The van der Waals surface area contributed by atoms with Gasteiger partial charge < -0.3 is 5.43 Å². The van der Waals surface area contributed by atoms with Crippen molar-refractivity contribution in [1.29, 1.82) is 0 Å². The van der Waals surface area contributed by atoms with Crippen molar-refractivity contribution in [3.8, 4) is 0 Å². The highest BCUT2D eigenvalue weighted by Gasteiger charge is 2.05. The maximum Gasteiger partial charge on any atom is 0.143 e. The Balaban J connectivity index is 2.07. The van der Waals surface area contributed by atoms with Crippen LogP contribution in [0, 0.1) is 0 Å². The van der Waals surface area contributed by atoms with Gasteiger partial charge >= 0.3 is 0 Å². The van der Waals surface area contributed by atoms with Gasteiger partial charge in [0, 0.05) is 21.1 Å². The minimum absolute atomic E-state index is 0.676. The molecule has 6 heteroatoms. The number of hydrazine groups is 1. The van der Waals surface area contributed by atoms with Crippen LogP contribution >= 0.6 is 27.7 Å². The van der Waals surface area contributed by atoms with E-state index in [0.717, 1.165) is 34.6 Å². The SMILES string of the molecule is CCCc1cc(NN)nc(CSc2ccc(Br)cc2)n1. The molecule has 1 aromatic carbocycles. The zero-order chi connectivity index (χ0) is 14.4. The summed E-state index contributed by atoms with van der Waals surface area (Å²) >= 11 is 5.14. The second-order valence-corrected chi connectivity index (χ2v) is 6.26. The Morgan fingerprint density at radius 2 is 2.00 bits per heavy atom. The van der Waals surface area contributed by atoms with Crippen LogP contribution in [-0.2, 0) is 12.2 Å². The summed E-state index contributed by atoms with van der Waals surface area (Å²) in [5.74, 6) is 7.66. The number of thioether (sulfide) groups is 1. The molecular formula is C14H17BrN4S. The van der Waals surface area contributed by atoms with Gasteiger partial charge in [-0.3, -0.25) is 0 Å². The van der Waals surface area contributed by atoms with E-state index in [-0.39, 0.29) is 0 Å². The van der Waals surface area contributed by atoms with E-state index >= 15 is 0 Å². The lowest BCUT2D eigenvalue weighted by molar-refractivity contribution is 0.854. The van der Waals surface area contributed by atoms with Crippen LogP contribution in [-0.4, -0.2) is 9.97 Å². The first kappa shape index (κ1) is 15.3. The summed E-state index contributed by atoms with van der Waals surface area (Å²) < 4.78 is 1.08. The van der Waals surface area contributed by atoms with E-state index in [2.05, 4.69) is 50.4 Å². The number of aromatic nitrogens is 2. The molecule has 1 aromatic heterocycles. The van der Waals surface area contributed by atoms with Crippen molar-refractivity contribution in [3.05, 3.63) is 46.3 Å². The largest absolute Gasteiger partial charge is 0.308 e. The van der Waals surface area contributed by atoms with Crippen LogP contribution in [0.4, 0.5) is 5.82 Å². The van der Waals surface area contributed by atoms with Crippen LogP contribution in [0.5, 0.6) is 0 Å². The van der Waals surface area contributed by atoms with E-state index in [1.807, 2.05) is 18.2 Å². The molecule has 0 amide bonds. The number of aryl methyl sites for hydroxylation is 1. The standard InChI is InChI=1S/C14H17BrN4S/c1-2-3-11-8-13(19-16)18-14(17-11)9-20-12-6-4-10(15)5-7-12/h4-8H,2-3,9,16H2,1H3,(H,17,18,19). The molecule has 1 heterocycles. The van der Waals surface area contributed by atoms with Crippen molar-refractivity contribution in [3.63, 3.8) is 0 Å². The molecule has 4 nitrogen and oxygen atoms in total. The lowest BCUT2D eigenvalue weighted by Gasteiger charge is -2.07. The maximum atomic E-state index is 5.46. The van der Waals surface area contributed by atoms with Crippen molar-refractivity contribution in [2.75, 3.05) is 5.43 Å². The molecule has 3 N–H and O–H groups in total. The molecule has 0 spiro atoms. The van der Waals surface area contributed by atoms with Crippen LogP contribution in [0.2, 0.25) is 0 Å². The Bertz CT molecular complexity index is 560. The minimum atomic E-state index is 0.676. The fourth-order valence-electron chi connectivity index (χ4n) is 1.75. The number of nitrogens with one attached hydrogen (secondary N) is 1. The third-order valence-corrected chi connectivity index (χ3v) is 4.20. The van der Waals surface area contributed by atoms with E-state index in [9.17, 15) is 0 Å². The summed E-state index contributed by atoms with van der Waals surface area (Å²) in [7, 11) is 0. The number of benzene rings is 1. The molecule has 0 fully saturated rings. The van der Waals surface area contributed by atoms with Crippen molar-refractivity contribution >= 4 is 33.5 Å². The van der Waals surface area contributed by atoms with Gasteiger partial charge in [0.05, 0.1) is 5.75 Å². The molecule has 0 bridgehead atoms. The van der Waals surface area contributed by atoms with Gasteiger partial charge in [0.15, 0.2) is 0 Å². The predicted octanol–water partition coefficient (Wildman–Crippen LogP) is 3.77. The number of hydrogen-bond donors (Lipinski definition) is 2. The lowest BCUT2D eigenvalue weighted by atomic mass is 10.2. The van der Waals surface area contributed by atoms with Crippen molar-refractivity contribution < 1.29 is 0 Å². The second kappa shape index (κ2) is 7.61. The summed E-state index contributed by atoms with van der Waals surface area (Å²) in [6, 6.07) is 10.1. The number of rotatable bonds is 6. The summed E-state index contributed by atoms with van der Waals surface area (Å²) in [5, 5.41) is 0. The zero-order valence-corrected chi connectivity index (χ0v) is 13.7. The maximum absolute atomic E-state index is 5.46. The molecule has 2 rings (SSSR count). The predicted molar refractivity (Wildman–Crippen MR) is 87.5 cm³/mol. The lowest BCUT2D eigenvalue weighted by Crippen LogP contribution is -2.11. The third kappa shape index (κ3) is 4.47. The Morgan fingerprint density at radius 1 is 1.25 bits per heavy atom. The van der Waals surface area contributed by atoms with Crippen LogP contribution in [0.25, 0.3) is 0 Å². The summed E-state index contributed by atoms with van der Waals surface area (Å²) in [6.45, 7) is 2.13. The molecule has 0 radical (unpaired) electrons. The number of nitrogens with two attached hydrogens (primary N) is 1. The summed E-state index contributed by atoms with van der Waals surface area (Å²) in [6.07, 6.45) is 1.99. The summed E-state index contributed by atoms with van der Waals surface area (Å²) in [4.78, 5) is 10.2. The van der Waals surface area contributed by atoms with Gasteiger partial charge in [-0.05, 0) is 30.7 Å². The van der Waals surface area contributed by atoms with Crippen LogP contribution in [0.15, 0.2) is 39.7 Å². The first-order valence-electron chi connectivity index (χ1n) is 6.43. The monoisotopic (exact) mass is 352 g/mol. The normalized spacial score (nSPS) is 10.6. The number of nitrogens with zero attached hydrogens (tertiary/aromatic N) is 2. The topological polar surface area (TPSA) is 63.8 Å². The summed E-state index contributed by atoms with van der Waals surface area (Å²) in [5.41, 5.74) is 3.63. The smallest absolute Gasteiger partial charge is 0.143 e. The van der Waals surface area contributed by atoms with Crippen molar-refractivity contribution in [2.45, 2.75) is 30.4 Å². The van der Waals surface area contributed by atoms with Gasteiger partial charge in [-0.1, -0.05) is 29.3 Å². The van der Waals surface area contributed by atoms with Crippen LogP contribution in [0.1, 0.15) is 24.9 Å². The van der Waals surface area contributed by atoms with E-state index in [1.54, 1.807) is 11.8 Å². The van der Waals surface area contributed by atoms with E-state index in [1.165, 1.54) is 4.90 Å². The number of hydrogen-bond acceptors (Lipinski definition) is 5. The van der Waals surface area contributed by atoms with Gasteiger partial charge in [-0.2, -0.15) is 0 Å². The molecule has 0 aliphatic heterocycles. The first-order valence-corrected chi connectivity index (χ1v) is 8.21. The van der Waals surface area contributed by atoms with Gasteiger partial charge in [-0.15, -0.1) is 11.8 Å². The molecule has 0 atom stereocenters. The highest BCUT2D eigenvalue weighted by Crippen LogP contribution is 2.23. The molecular weight excluding hydrogens is 336 g/mol. The Morgan fingerprint density at radius 3 is 2.65 bits per heavy atom. The van der Waals surface area contributed by atoms with Gasteiger partial charge in [0.1, 0.15) is 11.6 Å². The fourth-order valence-corrected chi connectivity index (χ4v) is 2.77. The Labute approximate surface area is 131 Å². The molecule has 2 aromatic rings. The average Bonchev–Trinajstić information content (AvgIpc) is 2.47. The first-order chi connectivity index (χ1) is 9.71. The van der Waals surface area contributed by atoms with E-state index in [0.29, 0.717) is 5.82 Å². The fraction of sp³-hybridized carbons (Fsp3) is 0.286. The Kier molecular flexibility index (Phi) is 5.82. The van der Waals surface area contributed by atoms with E-state index in [4.69, 9.17) is 5.84 Å². The molecule has 0 unspecified atom stereocenters. The molecule has 0 saturated carbocycles. The van der Waals surface area contributed by atoms with Crippen LogP contribution in [0.3, 0.4) is 0 Å². The number of anilines is 1. The zero-order valence-electron chi connectivity index (χ0n) is 11.3. The van der Waals surface area contributed by atoms with Crippen molar-refractivity contribution in [1.82, 2.24) is 9.97 Å². The third-order valence-electron chi connectivity index (χ3n) is 2.66. The molecule has 106 valence electrons. The highest BCUT2D eigenvalue weighted by atomic mass is 79.9. The highest BCUT2D eigenvalue weighted by molar-refractivity contribution is 9.10. The average molecular weight is 353 g/mol. The Hall–Kier alpha value is -1.11. The van der Waals surface area contributed by atoms with Crippen molar-refractivity contribution in [2.24, 2.45) is 5.84 Å². The minimum Gasteiger partial charge on any atom is -0.308 e.